The fourth-order valence-electron chi connectivity index (χ4n) is 2.92. The van der Waals surface area contributed by atoms with E-state index in [9.17, 15) is 8.42 Å². The summed E-state index contributed by atoms with van der Waals surface area (Å²) in [6.45, 7) is 2.99. The molecule has 2 aromatic carbocycles. The van der Waals surface area contributed by atoms with Crippen LogP contribution in [0.1, 0.15) is 22.4 Å². The average Bonchev–Trinajstić information content (AvgIpc) is 3.23. The van der Waals surface area contributed by atoms with Gasteiger partial charge in [0.25, 0.3) is 0 Å². The molecule has 31 heavy (non-hydrogen) atoms. The molecule has 8 nitrogen and oxygen atoms in total. The maximum absolute atomic E-state index is 11.8. The zero-order chi connectivity index (χ0) is 22.3. The monoisotopic (exact) mass is 441 g/mol. The van der Waals surface area contributed by atoms with Crippen LogP contribution in [0.3, 0.4) is 0 Å². The lowest BCUT2D eigenvalue weighted by atomic mass is 10.1. The smallest absolute Gasteiger partial charge is 0.226 e. The Balaban J connectivity index is 1.54. The van der Waals surface area contributed by atoms with Crippen molar-refractivity contribution in [2.75, 3.05) is 14.1 Å². The van der Waals surface area contributed by atoms with Crippen LogP contribution in [-0.4, -0.2) is 33.5 Å². The van der Waals surface area contributed by atoms with Crippen molar-refractivity contribution in [2.24, 2.45) is 4.99 Å². The Kier molecular flexibility index (Phi) is 7.43. The van der Waals surface area contributed by atoms with Crippen molar-refractivity contribution in [1.82, 2.24) is 20.3 Å². The van der Waals surface area contributed by atoms with Crippen LogP contribution >= 0.6 is 0 Å². The van der Waals surface area contributed by atoms with Crippen molar-refractivity contribution in [3.05, 3.63) is 77.2 Å². The van der Waals surface area contributed by atoms with Gasteiger partial charge in [0.15, 0.2) is 5.96 Å². The molecule has 0 aliphatic heterocycles. The van der Waals surface area contributed by atoms with Gasteiger partial charge in [-0.05, 0) is 37.2 Å². The summed E-state index contributed by atoms with van der Waals surface area (Å²) < 4.78 is 31.4. The van der Waals surface area contributed by atoms with Crippen LogP contribution in [0.2, 0.25) is 0 Å². The highest BCUT2D eigenvalue weighted by molar-refractivity contribution is 7.88. The van der Waals surface area contributed by atoms with Gasteiger partial charge in [-0.1, -0.05) is 42.0 Å². The Morgan fingerprint density at radius 1 is 1.06 bits per heavy atom. The van der Waals surface area contributed by atoms with Crippen LogP contribution in [-0.2, 0) is 28.9 Å². The normalized spacial score (nSPS) is 12.0. The van der Waals surface area contributed by atoms with Gasteiger partial charge in [0.1, 0.15) is 6.26 Å². The van der Waals surface area contributed by atoms with E-state index in [2.05, 4.69) is 25.3 Å². The van der Waals surface area contributed by atoms with Crippen molar-refractivity contribution in [2.45, 2.75) is 25.8 Å². The Morgan fingerprint density at radius 3 is 2.48 bits per heavy atom. The van der Waals surface area contributed by atoms with E-state index >= 15 is 0 Å². The molecule has 0 amide bonds. The highest BCUT2D eigenvalue weighted by Crippen LogP contribution is 2.19. The molecule has 0 fully saturated rings. The minimum atomic E-state index is -3.31. The second kappa shape index (κ2) is 10.2. The van der Waals surface area contributed by atoms with E-state index in [4.69, 9.17) is 4.42 Å². The standard InChI is InChI=1S/C22H27N5O3S/c1-16-7-9-19(10-8-16)21-27-20(14-30-21)13-26-22(23-2)25-12-17-5-4-6-18(11-17)15-31(28,29)24-3/h4-11,14,24H,12-13,15H2,1-3H3,(H2,23,25,26). The highest BCUT2D eigenvalue weighted by Gasteiger charge is 2.10. The summed E-state index contributed by atoms with van der Waals surface area (Å²) in [4.78, 5) is 8.73. The number of aromatic nitrogens is 1. The van der Waals surface area contributed by atoms with Gasteiger partial charge in [-0.2, -0.15) is 0 Å². The average molecular weight is 442 g/mol. The first-order valence-corrected chi connectivity index (χ1v) is 11.5. The van der Waals surface area contributed by atoms with Gasteiger partial charge >= 0.3 is 0 Å². The fraction of sp³-hybridized carbons (Fsp3) is 0.273. The maximum Gasteiger partial charge on any atom is 0.226 e. The second-order valence-electron chi connectivity index (χ2n) is 7.07. The maximum atomic E-state index is 11.8. The van der Waals surface area contributed by atoms with Crippen molar-refractivity contribution in [3.8, 4) is 11.5 Å². The van der Waals surface area contributed by atoms with Crippen molar-refractivity contribution < 1.29 is 12.8 Å². The number of benzene rings is 2. The summed E-state index contributed by atoms with van der Waals surface area (Å²) in [7, 11) is -0.209. The summed E-state index contributed by atoms with van der Waals surface area (Å²) in [6, 6.07) is 15.4. The summed E-state index contributed by atoms with van der Waals surface area (Å²) in [5, 5.41) is 6.42. The van der Waals surface area contributed by atoms with E-state index in [0.717, 1.165) is 22.4 Å². The molecule has 0 bridgehead atoms. The summed E-state index contributed by atoms with van der Waals surface area (Å²) in [6.07, 6.45) is 1.63. The largest absolute Gasteiger partial charge is 0.444 e. The van der Waals surface area contributed by atoms with E-state index in [0.29, 0.717) is 24.9 Å². The third kappa shape index (κ3) is 6.66. The first kappa shape index (κ1) is 22.5. The first-order chi connectivity index (χ1) is 14.9. The number of rotatable bonds is 8. The molecule has 0 radical (unpaired) electrons. The number of aryl methyl sites for hydroxylation is 1. The predicted molar refractivity (Wildman–Crippen MR) is 122 cm³/mol. The molecule has 3 N–H and O–H groups in total. The molecule has 0 saturated heterocycles. The summed E-state index contributed by atoms with van der Waals surface area (Å²) in [5.74, 6) is 1.13. The molecular formula is C22H27N5O3S. The first-order valence-electron chi connectivity index (χ1n) is 9.83. The molecule has 0 unspecified atom stereocenters. The number of nitrogens with one attached hydrogen (secondary N) is 3. The van der Waals surface area contributed by atoms with Crippen molar-refractivity contribution in [3.63, 3.8) is 0 Å². The predicted octanol–water partition coefficient (Wildman–Crippen LogP) is 2.56. The van der Waals surface area contributed by atoms with Gasteiger partial charge in [0, 0.05) is 19.2 Å². The molecule has 0 aliphatic carbocycles. The second-order valence-corrected chi connectivity index (χ2v) is 9.00. The van der Waals surface area contributed by atoms with Gasteiger partial charge in [0.2, 0.25) is 15.9 Å². The van der Waals surface area contributed by atoms with Crippen LogP contribution in [0.25, 0.3) is 11.5 Å². The molecule has 1 aromatic heterocycles. The SMILES string of the molecule is CN=C(NCc1cccc(CS(=O)(=O)NC)c1)NCc1coc(-c2ccc(C)cc2)n1. The van der Waals surface area contributed by atoms with Crippen LogP contribution < -0.4 is 15.4 Å². The topological polar surface area (TPSA) is 109 Å². The number of hydrogen-bond acceptors (Lipinski definition) is 5. The van der Waals surface area contributed by atoms with Crippen LogP contribution in [0, 0.1) is 6.92 Å². The minimum absolute atomic E-state index is 0.0558. The van der Waals surface area contributed by atoms with Gasteiger partial charge in [-0.25, -0.2) is 18.1 Å². The third-order valence-electron chi connectivity index (χ3n) is 4.63. The zero-order valence-electron chi connectivity index (χ0n) is 17.8. The molecule has 0 saturated carbocycles. The number of aliphatic imine (C=N–C) groups is 1. The lowest BCUT2D eigenvalue weighted by molar-refractivity contribution is 0.572. The molecule has 9 heteroatoms. The lowest BCUT2D eigenvalue weighted by Crippen LogP contribution is -2.36. The number of sulfonamides is 1. The number of hydrogen-bond donors (Lipinski definition) is 3. The van der Waals surface area contributed by atoms with Gasteiger partial charge in [0.05, 0.1) is 18.0 Å². The van der Waals surface area contributed by atoms with E-state index in [1.807, 2.05) is 49.4 Å². The minimum Gasteiger partial charge on any atom is -0.444 e. The Morgan fingerprint density at radius 2 is 1.77 bits per heavy atom. The Hall–Kier alpha value is -3.17. The summed E-state index contributed by atoms with van der Waals surface area (Å²) >= 11 is 0. The number of oxazole rings is 1. The quantitative estimate of drug-likeness (QED) is 0.366. The van der Waals surface area contributed by atoms with E-state index < -0.39 is 10.0 Å². The molecule has 3 aromatic rings. The van der Waals surface area contributed by atoms with Crippen LogP contribution in [0.15, 0.2) is 64.2 Å². The number of nitrogens with zero attached hydrogens (tertiary/aromatic N) is 2. The number of guanidine groups is 1. The molecule has 0 atom stereocenters. The Labute approximate surface area is 182 Å². The van der Waals surface area contributed by atoms with Crippen molar-refractivity contribution in [1.29, 1.82) is 0 Å². The molecule has 3 rings (SSSR count). The Bertz CT molecular complexity index is 1140. The zero-order valence-corrected chi connectivity index (χ0v) is 18.7. The van der Waals surface area contributed by atoms with Crippen molar-refractivity contribution >= 4 is 16.0 Å². The van der Waals surface area contributed by atoms with E-state index in [1.165, 1.54) is 12.6 Å². The molecular weight excluding hydrogens is 414 g/mol. The van der Waals surface area contributed by atoms with Gasteiger partial charge in [-0.15, -0.1) is 0 Å². The van der Waals surface area contributed by atoms with Crippen LogP contribution in [0.5, 0.6) is 0 Å². The van der Waals surface area contributed by atoms with Gasteiger partial charge in [-0.3, -0.25) is 4.99 Å². The van der Waals surface area contributed by atoms with Gasteiger partial charge < -0.3 is 15.1 Å². The molecule has 0 aliphatic rings. The van der Waals surface area contributed by atoms with E-state index in [-0.39, 0.29) is 5.75 Å². The fourth-order valence-corrected chi connectivity index (χ4v) is 3.68. The molecule has 1 heterocycles. The van der Waals surface area contributed by atoms with E-state index in [1.54, 1.807) is 19.4 Å². The lowest BCUT2D eigenvalue weighted by Gasteiger charge is -2.12. The summed E-state index contributed by atoms with van der Waals surface area (Å²) in [5.41, 5.74) is 4.55. The highest BCUT2D eigenvalue weighted by atomic mass is 32.2. The molecule has 164 valence electrons. The molecule has 0 spiro atoms. The third-order valence-corrected chi connectivity index (χ3v) is 5.97. The van der Waals surface area contributed by atoms with Crippen LogP contribution in [0.4, 0.5) is 0 Å².